The van der Waals surface area contributed by atoms with Gasteiger partial charge in [0.15, 0.2) is 0 Å². The highest BCUT2D eigenvalue weighted by molar-refractivity contribution is 7.89. The van der Waals surface area contributed by atoms with Crippen molar-refractivity contribution in [3.05, 3.63) is 0 Å². The normalized spacial score (nSPS) is 26.4. The van der Waals surface area contributed by atoms with E-state index in [1.165, 1.54) is 0 Å². The molecule has 0 saturated carbocycles. The van der Waals surface area contributed by atoms with Gasteiger partial charge >= 0.3 is 0 Å². The Morgan fingerprint density at radius 3 is 2.65 bits per heavy atom. The lowest BCUT2D eigenvalue weighted by molar-refractivity contribution is 0.125. The maximum Gasteiger partial charge on any atom is 0.217 e. The van der Waals surface area contributed by atoms with Crippen LogP contribution in [0.25, 0.3) is 0 Å². The van der Waals surface area contributed by atoms with E-state index in [-0.39, 0.29) is 17.9 Å². The van der Waals surface area contributed by atoms with E-state index in [4.69, 9.17) is 4.74 Å². The average molecular weight is 262 g/mol. The van der Waals surface area contributed by atoms with E-state index in [0.29, 0.717) is 13.2 Å². The molecule has 0 amide bonds. The quantitative estimate of drug-likeness (QED) is 0.742. The van der Waals surface area contributed by atoms with Crippen LogP contribution in [0.15, 0.2) is 0 Å². The molecule has 1 unspecified atom stereocenters. The molecule has 0 aromatic heterocycles. The van der Waals surface area contributed by atoms with Crippen molar-refractivity contribution in [1.29, 1.82) is 0 Å². The van der Waals surface area contributed by atoms with E-state index in [9.17, 15) is 8.42 Å². The third-order valence-corrected chi connectivity index (χ3v) is 5.38. The van der Waals surface area contributed by atoms with Crippen LogP contribution in [-0.2, 0) is 14.8 Å². The largest absolute Gasteiger partial charge is 0.377 e. The summed E-state index contributed by atoms with van der Waals surface area (Å²) in [4.78, 5) is 0. The number of nitrogens with one attached hydrogen (secondary N) is 1. The van der Waals surface area contributed by atoms with Crippen LogP contribution in [0.3, 0.4) is 0 Å². The minimum absolute atomic E-state index is 0.0904. The summed E-state index contributed by atoms with van der Waals surface area (Å²) in [6, 6.07) is 0.154. The fraction of sp³-hybridized carbons (Fsp3) is 1.00. The molecule has 0 spiro atoms. The maximum atomic E-state index is 12.3. The highest BCUT2D eigenvalue weighted by Gasteiger charge is 2.35. The molecule has 0 aliphatic carbocycles. The van der Waals surface area contributed by atoms with Gasteiger partial charge in [-0.15, -0.1) is 0 Å². The van der Waals surface area contributed by atoms with Crippen molar-refractivity contribution in [2.24, 2.45) is 0 Å². The first-order valence-corrected chi connectivity index (χ1v) is 8.06. The lowest BCUT2D eigenvalue weighted by atomic mass is 10.2. The summed E-state index contributed by atoms with van der Waals surface area (Å²) in [6.07, 6.45) is 2.63. The van der Waals surface area contributed by atoms with E-state index in [1.807, 2.05) is 6.92 Å². The van der Waals surface area contributed by atoms with Gasteiger partial charge in [-0.05, 0) is 19.3 Å². The van der Waals surface area contributed by atoms with Gasteiger partial charge < -0.3 is 10.1 Å². The molecule has 100 valence electrons. The lowest BCUT2D eigenvalue weighted by Crippen LogP contribution is -2.59. The second-order valence-corrected chi connectivity index (χ2v) is 6.80. The van der Waals surface area contributed by atoms with Gasteiger partial charge in [0.2, 0.25) is 10.0 Å². The predicted molar refractivity (Wildman–Crippen MR) is 66.4 cm³/mol. The lowest BCUT2D eigenvalue weighted by Gasteiger charge is -2.37. The van der Waals surface area contributed by atoms with Gasteiger partial charge in [0.25, 0.3) is 0 Å². The fourth-order valence-corrected chi connectivity index (χ4v) is 4.34. The van der Waals surface area contributed by atoms with Crippen LogP contribution in [0, 0.1) is 0 Å². The van der Waals surface area contributed by atoms with Crippen molar-refractivity contribution in [2.75, 3.05) is 32.0 Å². The molecule has 1 N–H and O–H groups in total. The van der Waals surface area contributed by atoms with Crippen molar-refractivity contribution < 1.29 is 13.2 Å². The first-order chi connectivity index (χ1) is 8.13. The molecule has 2 rings (SSSR count). The average Bonchev–Trinajstić information content (AvgIpc) is 2.66. The molecule has 0 radical (unpaired) electrons. The Morgan fingerprint density at radius 2 is 2.18 bits per heavy atom. The van der Waals surface area contributed by atoms with Crippen LogP contribution in [0.4, 0.5) is 0 Å². The molecular weight excluding hydrogens is 240 g/mol. The Kier molecular flexibility index (Phi) is 4.41. The molecule has 2 heterocycles. The molecule has 2 aliphatic heterocycles. The Labute approximate surface area is 104 Å². The van der Waals surface area contributed by atoms with Crippen molar-refractivity contribution in [2.45, 2.75) is 38.3 Å². The van der Waals surface area contributed by atoms with E-state index in [0.717, 1.165) is 32.4 Å². The topological polar surface area (TPSA) is 58.6 Å². The van der Waals surface area contributed by atoms with E-state index >= 15 is 0 Å². The highest BCUT2D eigenvalue weighted by Crippen LogP contribution is 2.19. The number of rotatable bonds is 6. The van der Waals surface area contributed by atoms with Crippen LogP contribution in [0.5, 0.6) is 0 Å². The Morgan fingerprint density at radius 1 is 1.41 bits per heavy atom. The van der Waals surface area contributed by atoms with Gasteiger partial charge in [-0.3, -0.25) is 0 Å². The van der Waals surface area contributed by atoms with E-state index in [2.05, 4.69) is 5.32 Å². The van der Waals surface area contributed by atoms with E-state index < -0.39 is 10.0 Å². The Hall–Kier alpha value is -0.170. The van der Waals surface area contributed by atoms with Crippen molar-refractivity contribution in [3.63, 3.8) is 0 Å². The Balaban J connectivity index is 1.98. The van der Waals surface area contributed by atoms with Gasteiger partial charge in [-0.2, -0.15) is 4.31 Å². The Bertz CT molecular complexity index is 335. The first-order valence-electron chi connectivity index (χ1n) is 6.45. The van der Waals surface area contributed by atoms with Gasteiger partial charge in [-0.25, -0.2) is 8.42 Å². The molecule has 0 aromatic carbocycles. The van der Waals surface area contributed by atoms with Crippen molar-refractivity contribution in [3.8, 4) is 0 Å². The van der Waals surface area contributed by atoms with Crippen LogP contribution in [0.1, 0.15) is 26.2 Å². The summed E-state index contributed by atoms with van der Waals surface area (Å²) in [7, 11) is -3.16. The first kappa shape index (κ1) is 13.3. The summed E-state index contributed by atoms with van der Waals surface area (Å²) in [5.41, 5.74) is 0. The molecule has 2 saturated heterocycles. The molecular formula is C11H22N2O3S. The summed E-state index contributed by atoms with van der Waals surface area (Å²) in [5.74, 6) is 0.156. The minimum Gasteiger partial charge on any atom is -0.377 e. The minimum atomic E-state index is -3.16. The number of ether oxygens (including phenoxy) is 1. The van der Waals surface area contributed by atoms with Gasteiger partial charge in [0.1, 0.15) is 0 Å². The standard InChI is InChI=1S/C11H22N2O3S/c1-2-5-13(10-7-12-8-10)17(14,15)9-11-4-3-6-16-11/h10-12H,2-9H2,1H3. The van der Waals surface area contributed by atoms with Gasteiger partial charge in [-0.1, -0.05) is 6.92 Å². The molecule has 2 fully saturated rings. The molecule has 0 bridgehead atoms. The van der Waals surface area contributed by atoms with Crippen LogP contribution in [0.2, 0.25) is 0 Å². The van der Waals surface area contributed by atoms with Gasteiger partial charge in [0.05, 0.1) is 11.9 Å². The fourth-order valence-electron chi connectivity index (χ4n) is 2.35. The third kappa shape index (κ3) is 3.19. The second kappa shape index (κ2) is 5.65. The molecule has 5 nitrogen and oxygen atoms in total. The second-order valence-electron chi connectivity index (χ2n) is 4.84. The zero-order valence-electron chi connectivity index (χ0n) is 10.4. The molecule has 17 heavy (non-hydrogen) atoms. The maximum absolute atomic E-state index is 12.3. The van der Waals surface area contributed by atoms with E-state index in [1.54, 1.807) is 4.31 Å². The monoisotopic (exact) mass is 262 g/mol. The zero-order chi connectivity index (χ0) is 12.3. The van der Waals surface area contributed by atoms with Gasteiger partial charge in [0, 0.05) is 32.3 Å². The smallest absolute Gasteiger partial charge is 0.217 e. The third-order valence-electron chi connectivity index (χ3n) is 3.39. The predicted octanol–water partition coefficient (Wildman–Crippen LogP) is 0.179. The summed E-state index contributed by atoms with van der Waals surface area (Å²) in [6.45, 7) is 4.91. The number of hydrogen-bond donors (Lipinski definition) is 1. The van der Waals surface area contributed by atoms with Crippen LogP contribution < -0.4 is 5.32 Å². The number of nitrogens with zero attached hydrogens (tertiary/aromatic N) is 1. The SMILES string of the molecule is CCCN(C1CNC1)S(=O)(=O)CC1CCCO1. The summed E-state index contributed by atoms with van der Waals surface area (Å²) >= 11 is 0. The highest BCUT2D eigenvalue weighted by atomic mass is 32.2. The molecule has 2 aliphatic rings. The van der Waals surface area contributed by atoms with Crippen LogP contribution in [-0.4, -0.2) is 56.9 Å². The number of sulfonamides is 1. The summed E-state index contributed by atoms with van der Waals surface area (Å²) in [5, 5.41) is 3.13. The zero-order valence-corrected chi connectivity index (χ0v) is 11.2. The number of hydrogen-bond acceptors (Lipinski definition) is 4. The molecule has 1 atom stereocenters. The summed E-state index contributed by atoms with van der Waals surface area (Å²) < 4.78 is 31.8. The van der Waals surface area contributed by atoms with Crippen molar-refractivity contribution >= 4 is 10.0 Å². The molecule has 6 heteroatoms. The van der Waals surface area contributed by atoms with Crippen LogP contribution >= 0.6 is 0 Å². The van der Waals surface area contributed by atoms with Crippen molar-refractivity contribution in [1.82, 2.24) is 9.62 Å². The molecule has 0 aromatic rings.